The molecule has 4 nitrogen and oxygen atoms in total. The maximum atomic E-state index is 10.3. The average Bonchev–Trinajstić information content (AvgIpc) is 2.34. The van der Waals surface area contributed by atoms with Crippen LogP contribution < -0.4 is 5.32 Å². The number of nitrogens with one attached hydrogen (secondary N) is 1. The number of carbonyl (C=O) groups is 1. The van der Waals surface area contributed by atoms with Crippen LogP contribution in [-0.4, -0.2) is 20.9 Å². The molecule has 1 amide bonds. The fourth-order valence-corrected chi connectivity index (χ4v) is 1.31. The Balaban J connectivity index is 2.72. The van der Waals surface area contributed by atoms with Gasteiger partial charge in [0.15, 0.2) is 5.01 Å². The van der Waals surface area contributed by atoms with Gasteiger partial charge in [0, 0.05) is 5.37 Å². The van der Waals surface area contributed by atoms with Crippen LogP contribution in [0.4, 0.5) is 9.93 Å². The fourth-order valence-electron chi connectivity index (χ4n) is 0.417. The Hall–Kier alpha value is -0.590. The first-order valence-electron chi connectivity index (χ1n) is 2.47. The zero-order chi connectivity index (χ0) is 8.27. The van der Waals surface area contributed by atoms with Crippen molar-refractivity contribution < 1.29 is 4.79 Å². The van der Waals surface area contributed by atoms with Crippen molar-refractivity contribution in [3.63, 3.8) is 0 Å². The number of thiocarbonyl (C=S) groups is 1. The van der Waals surface area contributed by atoms with E-state index in [4.69, 9.17) is 11.6 Å². The van der Waals surface area contributed by atoms with Gasteiger partial charge in [-0.25, -0.2) is 0 Å². The maximum absolute atomic E-state index is 10.3. The molecule has 0 radical (unpaired) electrons. The number of anilines is 1. The number of amides is 1. The Kier molecular flexibility index (Phi) is 2.86. The molecule has 0 aliphatic heterocycles. The number of aromatic nitrogens is 2. The molecule has 0 aromatic carbocycles. The summed E-state index contributed by atoms with van der Waals surface area (Å²) in [4.78, 5) is 10.3. The average molecular weight is 208 g/mol. The Morgan fingerprint density at radius 3 is 2.91 bits per heavy atom. The number of hydrogen-bond acceptors (Lipinski definition) is 5. The summed E-state index contributed by atoms with van der Waals surface area (Å²) in [5, 5.41) is 11.1. The molecule has 7 heteroatoms. The van der Waals surface area contributed by atoms with Crippen LogP contribution in [0, 0.1) is 0 Å². The molecule has 0 fully saturated rings. The van der Waals surface area contributed by atoms with Crippen molar-refractivity contribution in [3.8, 4) is 0 Å². The lowest BCUT2D eigenvalue weighted by Crippen LogP contribution is -1.99. The lowest BCUT2D eigenvalue weighted by atomic mass is 10.9. The van der Waals surface area contributed by atoms with Crippen molar-refractivity contribution in [1.82, 2.24) is 10.2 Å². The lowest BCUT2D eigenvalue weighted by Gasteiger charge is -1.87. The number of nitrogens with zero attached hydrogens (tertiary/aromatic N) is 2. The standard InChI is InChI=1S/C4H2ClN3OS2/c5-3(9)6-4-8-7-2(1-10)11-4/h1H,(H,6,8,9). The molecule has 0 bridgehead atoms. The minimum atomic E-state index is -0.683. The van der Waals surface area contributed by atoms with Gasteiger partial charge in [0.1, 0.15) is 0 Å². The topological polar surface area (TPSA) is 54.9 Å². The number of halogens is 1. The van der Waals surface area contributed by atoms with Gasteiger partial charge < -0.3 is 0 Å². The summed E-state index contributed by atoms with van der Waals surface area (Å²) in [6.07, 6.45) is 0. The van der Waals surface area contributed by atoms with Crippen LogP contribution in [0.2, 0.25) is 0 Å². The molecule has 0 unspecified atom stereocenters. The van der Waals surface area contributed by atoms with Crippen LogP contribution in [0.3, 0.4) is 0 Å². The van der Waals surface area contributed by atoms with E-state index >= 15 is 0 Å². The summed E-state index contributed by atoms with van der Waals surface area (Å²) in [7, 11) is 0. The Bertz CT molecular complexity index is 287. The first kappa shape index (κ1) is 8.51. The highest BCUT2D eigenvalue weighted by molar-refractivity contribution is 7.79. The van der Waals surface area contributed by atoms with Gasteiger partial charge in [0.05, 0.1) is 0 Å². The van der Waals surface area contributed by atoms with Crippen molar-refractivity contribution in [2.75, 3.05) is 5.32 Å². The molecule has 11 heavy (non-hydrogen) atoms. The van der Waals surface area contributed by atoms with Gasteiger partial charge in [-0.15, -0.1) is 10.2 Å². The third kappa shape index (κ3) is 2.49. The van der Waals surface area contributed by atoms with Gasteiger partial charge >= 0.3 is 5.37 Å². The van der Waals surface area contributed by atoms with E-state index in [1.807, 2.05) is 0 Å². The van der Waals surface area contributed by atoms with E-state index in [9.17, 15) is 4.79 Å². The van der Waals surface area contributed by atoms with Crippen molar-refractivity contribution in [2.45, 2.75) is 0 Å². The van der Waals surface area contributed by atoms with Crippen LogP contribution >= 0.6 is 35.2 Å². The van der Waals surface area contributed by atoms with Gasteiger partial charge in [-0.05, 0) is 11.6 Å². The van der Waals surface area contributed by atoms with Gasteiger partial charge in [-0.2, -0.15) is 0 Å². The third-order valence-corrected chi connectivity index (χ3v) is 2.00. The fraction of sp³-hybridized carbons (Fsp3) is 0. The molecule has 0 saturated heterocycles. The second-order valence-corrected chi connectivity index (χ2v) is 3.05. The molecule has 1 rings (SSSR count). The molecule has 0 saturated carbocycles. The van der Waals surface area contributed by atoms with Crippen molar-refractivity contribution >= 4 is 51.0 Å². The molecule has 1 heterocycles. The number of rotatable bonds is 2. The van der Waals surface area contributed by atoms with Gasteiger partial charge in [-0.1, -0.05) is 23.6 Å². The van der Waals surface area contributed by atoms with E-state index < -0.39 is 5.37 Å². The van der Waals surface area contributed by atoms with Crippen LogP contribution in [0.1, 0.15) is 5.01 Å². The smallest absolute Gasteiger partial charge is 0.287 e. The van der Waals surface area contributed by atoms with Crippen molar-refractivity contribution in [1.29, 1.82) is 0 Å². The quantitative estimate of drug-likeness (QED) is 0.455. The summed E-state index contributed by atoms with van der Waals surface area (Å²) < 4.78 is 0. The first-order valence-corrected chi connectivity index (χ1v) is 4.14. The van der Waals surface area contributed by atoms with E-state index in [1.54, 1.807) is 0 Å². The van der Waals surface area contributed by atoms with Crippen LogP contribution in [-0.2, 0) is 0 Å². The molecule has 0 atom stereocenters. The number of hydrogen-bond donors (Lipinski definition) is 1. The molecule has 0 aliphatic carbocycles. The van der Waals surface area contributed by atoms with Gasteiger partial charge in [0.25, 0.3) is 0 Å². The third-order valence-electron chi connectivity index (χ3n) is 0.747. The van der Waals surface area contributed by atoms with E-state index in [1.165, 1.54) is 5.37 Å². The Morgan fingerprint density at radius 1 is 1.73 bits per heavy atom. The van der Waals surface area contributed by atoms with Gasteiger partial charge in [-0.3, -0.25) is 10.1 Å². The van der Waals surface area contributed by atoms with E-state index in [2.05, 4.69) is 27.7 Å². The predicted molar refractivity (Wildman–Crippen MR) is 47.5 cm³/mol. The normalized spacial score (nSPS) is 9.18. The summed E-state index contributed by atoms with van der Waals surface area (Å²) >= 11 is 10.8. The van der Waals surface area contributed by atoms with Crippen molar-refractivity contribution in [3.05, 3.63) is 5.01 Å². The highest BCUT2D eigenvalue weighted by atomic mass is 35.5. The largest absolute Gasteiger partial charge is 0.320 e. The lowest BCUT2D eigenvalue weighted by molar-refractivity contribution is 0.269. The number of carbonyl (C=O) groups excluding carboxylic acids is 1. The zero-order valence-corrected chi connectivity index (χ0v) is 7.46. The van der Waals surface area contributed by atoms with Gasteiger partial charge in [0.2, 0.25) is 5.13 Å². The molecule has 0 spiro atoms. The molecule has 1 aromatic rings. The van der Waals surface area contributed by atoms with Crippen LogP contribution in [0.15, 0.2) is 0 Å². The highest BCUT2D eigenvalue weighted by Crippen LogP contribution is 2.13. The highest BCUT2D eigenvalue weighted by Gasteiger charge is 2.02. The Morgan fingerprint density at radius 2 is 2.45 bits per heavy atom. The zero-order valence-electron chi connectivity index (χ0n) is 5.07. The molecular weight excluding hydrogens is 206 g/mol. The van der Waals surface area contributed by atoms with Crippen LogP contribution in [0.25, 0.3) is 0 Å². The maximum Gasteiger partial charge on any atom is 0.320 e. The Labute approximate surface area is 76.6 Å². The molecule has 0 aliphatic rings. The van der Waals surface area contributed by atoms with E-state index in [-0.39, 0.29) is 0 Å². The second-order valence-electron chi connectivity index (χ2n) is 1.46. The molecule has 1 N–H and O–H groups in total. The summed E-state index contributed by atoms with van der Waals surface area (Å²) in [5.41, 5.74) is 0. The second kappa shape index (κ2) is 3.70. The monoisotopic (exact) mass is 207 g/mol. The molecule has 58 valence electrons. The molecule has 1 aromatic heterocycles. The predicted octanol–water partition coefficient (Wildman–Crippen LogP) is 1.66. The van der Waals surface area contributed by atoms with Crippen molar-refractivity contribution in [2.24, 2.45) is 0 Å². The summed E-state index contributed by atoms with van der Waals surface area (Å²) in [6, 6.07) is 0. The van der Waals surface area contributed by atoms with Crippen LogP contribution in [0.5, 0.6) is 0 Å². The first-order chi connectivity index (χ1) is 5.22. The van der Waals surface area contributed by atoms with E-state index in [0.717, 1.165) is 11.3 Å². The minimum absolute atomic E-state index is 0.348. The van der Waals surface area contributed by atoms with E-state index in [0.29, 0.717) is 10.1 Å². The summed E-state index contributed by atoms with van der Waals surface area (Å²) in [5.74, 6) is 0. The minimum Gasteiger partial charge on any atom is -0.287 e. The molecular formula is C4H2ClN3OS2. The SMILES string of the molecule is O=C(Cl)Nc1nnc(C=S)s1. The summed E-state index contributed by atoms with van der Waals surface area (Å²) in [6.45, 7) is 0.